The number of hydrogen-bond donors (Lipinski definition) is 14. The van der Waals surface area contributed by atoms with E-state index < -0.39 is 152 Å². The molecule has 0 aliphatic carbocycles. The number of carboxylic acids is 3. The first-order valence-corrected chi connectivity index (χ1v) is 20.0. The SMILES string of the molecule is CC[C@H](C)[C@H](NC(=O)[C@H](CCCCN)NC(=O)[C@H](CC(=O)O)NC(=O)[C@@H](N)CO)C(=O)N[C@@H](CC(=O)O)C(=O)N[C@@H](CC(N)=O)C(=O)N[C@@H](CC(C)C)C(=O)N[C@H](C=O)CC(=O)O. The summed E-state index contributed by atoms with van der Waals surface area (Å²) in [5.74, 6) is -14.5. The number of carbonyl (C=O) groups excluding carboxylic acids is 9. The first kappa shape index (κ1) is 56.7. The fourth-order valence-corrected chi connectivity index (χ4v) is 5.64. The average Bonchev–Trinajstić information content (AvgIpc) is 3.19. The molecule has 0 unspecified atom stereocenters. The van der Waals surface area contributed by atoms with Crippen LogP contribution in [0.4, 0.5) is 0 Å². The molecule has 0 aromatic rings. The molecule has 0 aromatic carbocycles. The zero-order valence-electron chi connectivity index (χ0n) is 35.5. The smallest absolute Gasteiger partial charge is 0.305 e. The van der Waals surface area contributed by atoms with Gasteiger partial charge >= 0.3 is 17.9 Å². The minimum absolute atomic E-state index is 0.0791. The molecule has 0 saturated heterocycles. The standard InChI is InChI=1S/C37H62N10O16/c1-5-18(4)30(47-32(58)21(8-6-7-9-38)42-35(61)24(13-28(53)54)43-31(57)20(39)16-49)37(63)46-25(14-29(55)56)36(62)45-23(12-26(40)50)34(60)44-22(10-17(2)3)33(59)41-19(15-48)11-27(51)52/h15,17-25,30,49H,5-14,16,38-39H2,1-4H3,(H2,40,50)(H,41,59)(H,42,61)(H,43,57)(H,44,60)(H,45,62)(H,46,63)(H,47,58)(H,51,52)(H,53,54)(H,55,56)/t18-,19-,20-,21-,22-,23-,24-,25-,30-/m0/s1. The predicted octanol–water partition coefficient (Wildman–Crippen LogP) is -5.58. The fourth-order valence-electron chi connectivity index (χ4n) is 5.64. The maximum absolute atomic E-state index is 13.8. The summed E-state index contributed by atoms with van der Waals surface area (Å²) in [5, 5.41) is 53.0. The molecule has 17 N–H and O–H groups in total. The summed E-state index contributed by atoms with van der Waals surface area (Å²) in [4.78, 5) is 151. The van der Waals surface area contributed by atoms with Crippen molar-refractivity contribution in [3.63, 3.8) is 0 Å². The van der Waals surface area contributed by atoms with E-state index in [0.29, 0.717) is 6.42 Å². The van der Waals surface area contributed by atoms with E-state index in [9.17, 15) is 72.9 Å². The highest BCUT2D eigenvalue weighted by atomic mass is 16.4. The second-order valence-corrected chi connectivity index (χ2v) is 15.1. The summed E-state index contributed by atoms with van der Waals surface area (Å²) in [5.41, 5.74) is 16.4. The van der Waals surface area contributed by atoms with Crippen LogP contribution in [0.3, 0.4) is 0 Å². The molecule has 0 saturated carbocycles. The third-order valence-electron chi connectivity index (χ3n) is 9.19. The van der Waals surface area contributed by atoms with Crippen LogP contribution in [0.25, 0.3) is 0 Å². The molecule has 26 heteroatoms. The van der Waals surface area contributed by atoms with Crippen LogP contribution in [0.15, 0.2) is 0 Å². The van der Waals surface area contributed by atoms with Gasteiger partial charge in [0.1, 0.15) is 48.6 Å². The second kappa shape index (κ2) is 29.1. The van der Waals surface area contributed by atoms with Crippen molar-refractivity contribution in [3.05, 3.63) is 0 Å². The first-order valence-electron chi connectivity index (χ1n) is 20.0. The highest BCUT2D eigenvalue weighted by Crippen LogP contribution is 2.12. The van der Waals surface area contributed by atoms with Crippen molar-refractivity contribution in [2.45, 2.75) is 134 Å². The number of primary amides is 1. The van der Waals surface area contributed by atoms with Gasteiger partial charge in [0.15, 0.2) is 0 Å². The number of carboxylic acid groups (broad SMARTS) is 3. The molecule has 8 amide bonds. The van der Waals surface area contributed by atoms with Gasteiger partial charge in [0, 0.05) is 0 Å². The second-order valence-electron chi connectivity index (χ2n) is 15.1. The van der Waals surface area contributed by atoms with E-state index in [1.54, 1.807) is 20.8 Å². The van der Waals surface area contributed by atoms with E-state index in [1.165, 1.54) is 6.92 Å². The molecule has 9 atom stereocenters. The quantitative estimate of drug-likeness (QED) is 0.0221. The van der Waals surface area contributed by atoms with Gasteiger partial charge in [0.25, 0.3) is 0 Å². The van der Waals surface area contributed by atoms with Crippen LogP contribution in [0.2, 0.25) is 0 Å². The Hall–Kier alpha value is -6.28. The summed E-state index contributed by atoms with van der Waals surface area (Å²) in [6.07, 6.45) is -2.96. The first-order chi connectivity index (χ1) is 29.4. The molecule has 0 fully saturated rings. The molecular weight excluding hydrogens is 840 g/mol. The third kappa shape index (κ3) is 22.4. The Kier molecular flexibility index (Phi) is 26.2. The number of carbonyl (C=O) groups is 12. The molecule has 0 bridgehead atoms. The number of aldehydes is 1. The Morgan fingerprint density at radius 3 is 1.43 bits per heavy atom. The van der Waals surface area contributed by atoms with Crippen LogP contribution in [0, 0.1) is 11.8 Å². The average molecular weight is 903 g/mol. The third-order valence-corrected chi connectivity index (χ3v) is 9.19. The lowest BCUT2D eigenvalue weighted by Gasteiger charge is -2.29. The van der Waals surface area contributed by atoms with Crippen LogP contribution < -0.4 is 54.4 Å². The lowest BCUT2D eigenvalue weighted by molar-refractivity contribution is -0.142. The summed E-state index contributed by atoms with van der Waals surface area (Å²) >= 11 is 0. The molecule has 356 valence electrons. The van der Waals surface area contributed by atoms with Crippen LogP contribution in [0.1, 0.15) is 85.5 Å². The van der Waals surface area contributed by atoms with Crippen molar-refractivity contribution in [1.82, 2.24) is 37.2 Å². The summed E-state index contributed by atoms with van der Waals surface area (Å²) < 4.78 is 0. The molecule has 63 heavy (non-hydrogen) atoms. The lowest BCUT2D eigenvalue weighted by atomic mass is 9.96. The highest BCUT2D eigenvalue weighted by Gasteiger charge is 2.37. The number of amides is 8. The molecule has 0 heterocycles. The van der Waals surface area contributed by atoms with E-state index in [0.717, 1.165) is 0 Å². The predicted molar refractivity (Wildman–Crippen MR) is 217 cm³/mol. The maximum Gasteiger partial charge on any atom is 0.305 e. The van der Waals surface area contributed by atoms with Crippen molar-refractivity contribution < 1.29 is 78.0 Å². The fraction of sp³-hybridized carbons (Fsp3) is 0.676. The minimum atomic E-state index is -1.98. The van der Waals surface area contributed by atoms with Gasteiger partial charge in [-0.3, -0.25) is 52.7 Å². The molecule has 26 nitrogen and oxygen atoms in total. The van der Waals surface area contributed by atoms with Gasteiger partial charge in [-0.05, 0) is 44.1 Å². The van der Waals surface area contributed by atoms with Crippen LogP contribution >= 0.6 is 0 Å². The van der Waals surface area contributed by atoms with Gasteiger partial charge in [-0.15, -0.1) is 0 Å². The molecule has 0 spiro atoms. The summed E-state index contributed by atoms with van der Waals surface area (Å²) in [6.45, 7) is 5.80. The number of nitrogens with two attached hydrogens (primary N) is 3. The van der Waals surface area contributed by atoms with Gasteiger partial charge < -0.3 is 79.6 Å². The number of nitrogens with one attached hydrogen (secondary N) is 7. The zero-order valence-corrected chi connectivity index (χ0v) is 35.5. The Labute approximate surface area is 362 Å². The van der Waals surface area contributed by atoms with Crippen LogP contribution in [-0.4, -0.2) is 153 Å². The lowest BCUT2D eigenvalue weighted by Crippen LogP contribution is -2.61. The monoisotopic (exact) mass is 902 g/mol. The van der Waals surface area contributed by atoms with Crippen molar-refractivity contribution in [2.24, 2.45) is 29.0 Å². The number of rotatable bonds is 32. The van der Waals surface area contributed by atoms with Gasteiger partial charge in [-0.1, -0.05) is 34.1 Å². The summed E-state index contributed by atoms with van der Waals surface area (Å²) in [6, 6.07) is -13.0. The van der Waals surface area contributed by atoms with Gasteiger partial charge in [0.05, 0.1) is 38.3 Å². The van der Waals surface area contributed by atoms with Crippen molar-refractivity contribution in [2.75, 3.05) is 13.2 Å². The Morgan fingerprint density at radius 2 is 1.00 bits per heavy atom. The number of aliphatic hydroxyl groups excluding tert-OH is 1. The number of unbranched alkanes of at least 4 members (excludes halogenated alkanes) is 1. The van der Waals surface area contributed by atoms with E-state index in [-0.39, 0.29) is 44.4 Å². The van der Waals surface area contributed by atoms with Crippen LogP contribution in [-0.2, 0) is 57.5 Å². The van der Waals surface area contributed by atoms with Gasteiger partial charge in [-0.25, -0.2) is 0 Å². The van der Waals surface area contributed by atoms with E-state index in [4.69, 9.17) is 22.3 Å². The Balaban J connectivity index is 6.57. The van der Waals surface area contributed by atoms with E-state index >= 15 is 0 Å². The van der Waals surface area contributed by atoms with Crippen molar-refractivity contribution >= 4 is 71.5 Å². The molecular formula is C37H62N10O16. The van der Waals surface area contributed by atoms with Crippen molar-refractivity contribution in [3.8, 4) is 0 Å². The maximum atomic E-state index is 13.8. The Bertz CT molecular complexity index is 1650. The summed E-state index contributed by atoms with van der Waals surface area (Å²) in [7, 11) is 0. The molecule has 0 aliphatic heterocycles. The van der Waals surface area contributed by atoms with Gasteiger partial charge in [-0.2, -0.15) is 0 Å². The van der Waals surface area contributed by atoms with Crippen molar-refractivity contribution in [1.29, 1.82) is 0 Å². The van der Waals surface area contributed by atoms with Gasteiger partial charge in [0.2, 0.25) is 47.3 Å². The number of aliphatic carboxylic acids is 3. The topological polar surface area (TPSA) is 448 Å². The van der Waals surface area contributed by atoms with Crippen LogP contribution in [0.5, 0.6) is 0 Å². The molecule has 0 rings (SSSR count). The number of aliphatic hydroxyl groups is 1. The molecule has 0 radical (unpaired) electrons. The van der Waals surface area contributed by atoms with E-state index in [1.807, 2.05) is 0 Å². The van der Waals surface area contributed by atoms with E-state index in [2.05, 4.69) is 37.2 Å². The number of hydrogen-bond acceptors (Lipinski definition) is 15. The molecule has 0 aromatic heterocycles. The Morgan fingerprint density at radius 1 is 0.571 bits per heavy atom. The minimum Gasteiger partial charge on any atom is -0.481 e. The molecule has 0 aliphatic rings. The normalized spacial score (nSPS) is 15.2. The highest BCUT2D eigenvalue weighted by molar-refractivity contribution is 5.99. The largest absolute Gasteiger partial charge is 0.481 e. The zero-order chi connectivity index (χ0) is 48.6.